The van der Waals surface area contributed by atoms with Crippen molar-refractivity contribution in [1.29, 1.82) is 0 Å². The van der Waals surface area contributed by atoms with E-state index < -0.39 is 0 Å². The zero-order valence-electron chi connectivity index (χ0n) is 10.1. The van der Waals surface area contributed by atoms with Crippen LogP contribution >= 0.6 is 11.6 Å². The Morgan fingerprint density at radius 1 is 1.28 bits per heavy atom. The van der Waals surface area contributed by atoms with Crippen LogP contribution in [-0.4, -0.2) is 37.9 Å². The summed E-state index contributed by atoms with van der Waals surface area (Å²) in [6.07, 6.45) is 0.526. The van der Waals surface area contributed by atoms with E-state index in [1.54, 1.807) is 19.2 Å². The van der Waals surface area contributed by atoms with Crippen molar-refractivity contribution in [2.45, 2.75) is 24.0 Å². The molecule has 3 unspecified atom stereocenters. The number of hydrogen-bond acceptors (Lipinski definition) is 3. The van der Waals surface area contributed by atoms with E-state index in [4.69, 9.17) is 25.8 Å². The summed E-state index contributed by atoms with van der Waals surface area (Å²) in [7, 11) is 1.62. The third kappa shape index (κ3) is 3.34. The van der Waals surface area contributed by atoms with Gasteiger partial charge in [0.15, 0.2) is 0 Å². The molecule has 1 aliphatic carbocycles. The smallest absolute Gasteiger partial charge is 0.128 e. The van der Waals surface area contributed by atoms with Gasteiger partial charge in [-0.2, -0.15) is 0 Å². The van der Waals surface area contributed by atoms with Gasteiger partial charge < -0.3 is 14.2 Å². The summed E-state index contributed by atoms with van der Waals surface area (Å²) >= 11 is 6.07. The average Bonchev–Trinajstić information content (AvgIpc) is 2.36. The molecule has 1 aromatic rings. The van der Waals surface area contributed by atoms with Crippen molar-refractivity contribution in [2.24, 2.45) is 0 Å². The highest BCUT2D eigenvalue weighted by Gasteiger charge is 2.42. The van der Waals surface area contributed by atoms with Crippen molar-refractivity contribution in [3.8, 4) is 5.75 Å². The second-order valence-corrected chi connectivity index (χ2v) is 4.75. The summed E-state index contributed by atoms with van der Waals surface area (Å²) in [5.74, 6) is 0.351. The van der Waals surface area contributed by atoms with E-state index in [-0.39, 0.29) is 23.4 Å². The normalized spacial score (nSPS) is 26.7. The fraction of sp³-hybridized carbons (Fsp3) is 0.538. The molecule has 0 amide bonds. The minimum atomic E-state index is -0.279. The molecule has 0 aromatic heterocycles. The number of halogens is 2. The number of alkyl halides is 1. The lowest BCUT2D eigenvalue weighted by Gasteiger charge is -2.40. The largest absolute Gasteiger partial charge is 0.488 e. The number of benzene rings is 1. The van der Waals surface area contributed by atoms with Gasteiger partial charge in [0.2, 0.25) is 0 Å². The quantitative estimate of drug-likeness (QED) is 0.590. The van der Waals surface area contributed by atoms with Crippen LogP contribution in [0.4, 0.5) is 4.39 Å². The van der Waals surface area contributed by atoms with E-state index in [1.165, 1.54) is 12.1 Å². The van der Waals surface area contributed by atoms with Crippen LogP contribution in [0.5, 0.6) is 5.75 Å². The van der Waals surface area contributed by atoms with Crippen molar-refractivity contribution in [1.82, 2.24) is 0 Å². The van der Waals surface area contributed by atoms with Crippen LogP contribution in [0.25, 0.3) is 0 Å². The predicted octanol–water partition coefficient (Wildman–Crippen LogP) is 2.62. The molecular formula is C13H16ClFO3. The molecule has 3 atom stereocenters. The Bertz CT molecular complexity index is 371. The van der Waals surface area contributed by atoms with Gasteiger partial charge in [0.25, 0.3) is 0 Å². The first-order chi connectivity index (χ1) is 8.70. The molecule has 0 heterocycles. The first-order valence-corrected chi connectivity index (χ1v) is 6.31. The number of hydrogen-bond donors (Lipinski definition) is 0. The van der Waals surface area contributed by atoms with Crippen molar-refractivity contribution in [2.75, 3.05) is 20.3 Å². The van der Waals surface area contributed by atoms with E-state index in [9.17, 15) is 4.39 Å². The molecule has 0 bridgehead atoms. The Kier molecular flexibility index (Phi) is 4.80. The van der Waals surface area contributed by atoms with E-state index >= 15 is 0 Å². The molecule has 1 fully saturated rings. The maximum absolute atomic E-state index is 12.7. The molecule has 2 rings (SSSR count). The van der Waals surface area contributed by atoms with Crippen molar-refractivity contribution < 1.29 is 18.6 Å². The fourth-order valence-corrected chi connectivity index (χ4v) is 2.22. The number of rotatable bonds is 6. The summed E-state index contributed by atoms with van der Waals surface area (Å²) < 4.78 is 28.9. The molecule has 1 saturated carbocycles. The zero-order valence-corrected chi connectivity index (χ0v) is 10.9. The maximum atomic E-state index is 12.7. The predicted molar refractivity (Wildman–Crippen MR) is 66.7 cm³/mol. The van der Waals surface area contributed by atoms with Gasteiger partial charge in [0.1, 0.15) is 23.8 Å². The molecule has 0 spiro atoms. The van der Waals surface area contributed by atoms with Crippen molar-refractivity contribution in [3.63, 3.8) is 0 Å². The summed E-state index contributed by atoms with van der Waals surface area (Å²) in [5, 5.41) is -0.0349. The third-order valence-corrected chi connectivity index (χ3v) is 3.31. The molecule has 100 valence electrons. The lowest BCUT2D eigenvalue weighted by molar-refractivity contribution is -0.0898. The standard InChI is InChI=1S/C13H16ClFO3/c1-16-6-7-17-13-11(14)8-12(13)18-10-4-2-9(15)3-5-10/h2-5,11-13H,6-8H2,1H3. The minimum Gasteiger partial charge on any atom is -0.488 e. The van der Waals surface area contributed by atoms with Gasteiger partial charge in [-0.05, 0) is 24.3 Å². The van der Waals surface area contributed by atoms with Crippen LogP contribution in [0.15, 0.2) is 24.3 Å². The maximum Gasteiger partial charge on any atom is 0.128 e. The molecule has 0 radical (unpaired) electrons. The van der Waals surface area contributed by atoms with Crippen LogP contribution in [0, 0.1) is 5.82 Å². The highest BCUT2D eigenvalue weighted by atomic mass is 35.5. The number of methoxy groups -OCH3 is 1. The highest BCUT2D eigenvalue weighted by Crippen LogP contribution is 2.32. The van der Waals surface area contributed by atoms with Crippen LogP contribution in [0.1, 0.15) is 6.42 Å². The van der Waals surface area contributed by atoms with Crippen molar-refractivity contribution in [3.05, 3.63) is 30.1 Å². The van der Waals surface area contributed by atoms with Crippen LogP contribution in [0.3, 0.4) is 0 Å². The van der Waals surface area contributed by atoms with E-state index in [1.807, 2.05) is 0 Å². The summed E-state index contributed by atoms with van der Waals surface area (Å²) in [4.78, 5) is 0. The summed E-state index contributed by atoms with van der Waals surface area (Å²) in [5.41, 5.74) is 0. The molecule has 1 aliphatic rings. The Morgan fingerprint density at radius 2 is 2.00 bits per heavy atom. The lowest BCUT2D eigenvalue weighted by atomic mass is 9.91. The van der Waals surface area contributed by atoms with Gasteiger partial charge in [0.05, 0.1) is 18.6 Å². The SMILES string of the molecule is COCCOC1C(Cl)CC1Oc1ccc(F)cc1. The molecule has 0 saturated heterocycles. The van der Waals surface area contributed by atoms with Crippen LogP contribution in [-0.2, 0) is 9.47 Å². The Hall–Kier alpha value is -0.840. The van der Waals surface area contributed by atoms with Gasteiger partial charge in [0, 0.05) is 13.5 Å². The topological polar surface area (TPSA) is 27.7 Å². The van der Waals surface area contributed by atoms with E-state index in [2.05, 4.69) is 0 Å². The lowest BCUT2D eigenvalue weighted by Crippen LogP contribution is -2.53. The van der Waals surface area contributed by atoms with Crippen molar-refractivity contribution >= 4 is 11.6 Å². The third-order valence-electron chi connectivity index (χ3n) is 2.88. The zero-order chi connectivity index (χ0) is 13.0. The van der Waals surface area contributed by atoms with Gasteiger partial charge >= 0.3 is 0 Å². The molecule has 5 heteroatoms. The molecule has 1 aromatic carbocycles. The minimum absolute atomic E-state index is 0.0349. The first-order valence-electron chi connectivity index (χ1n) is 5.87. The molecule has 0 N–H and O–H groups in total. The van der Waals surface area contributed by atoms with Gasteiger partial charge in [-0.25, -0.2) is 4.39 Å². The Balaban J connectivity index is 1.83. The molecular weight excluding hydrogens is 259 g/mol. The van der Waals surface area contributed by atoms with Crippen LogP contribution < -0.4 is 4.74 Å². The summed E-state index contributed by atoms with van der Waals surface area (Å²) in [6, 6.07) is 5.94. The second-order valence-electron chi connectivity index (χ2n) is 4.19. The molecule has 0 aliphatic heterocycles. The van der Waals surface area contributed by atoms with E-state index in [0.717, 1.165) is 6.42 Å². The Morgan fingerprint density at radius 3 is 2.61 bits per heavy atom. The summed E-state index contributed by atoms with van der Waals surface area (Å²) in [6.45, 7) is 1.02. The highest BCUT2D eigenvalue weighted by molar-refractivity contribution is 6.21. The van der Waals surface area contributed by atoms with Gasteiger partial charge in [-0.3, -0.25) is 0 Å². The number of ether oxygens (including phenoxy) is 3. The monoisotopic (exact) mass is 274 g/mol. The van der Waals surface area contributed by atoms with Gasteiger partial charge in [-0.1, -0.05) is 0 Å². The molecule has 18 heavy (non-hydrogen) atoms. The molecule has 3 nitrogen and oxygen atoms in total. The van der Waals surface area contributed by atoms with E-state index in [0.29, 0.717) is 19.0 Å². The van der Waals surface area contributed by atoms with Crippen LogP contribution in [0.2, 0.25) is 0 Å². The average molecular weight is 275 g/mol. The fourth-order valence-electron chi connectivity index (χ4n) is 1.81. The Labute approximate surface area is 111 Å². The second kappa shape index (κ2) is 6.36. The van der Waals surface area contributed by atoms with Gasteiger partial charge in [-0.15, -0.1) is 11.6 Å². The first kappa shape index (κ1) is 13.6.